The first-order chi connectivity index (χ1) is 20.9. The molecule has 2 rings (SSSR count). The molecule has 0 aromatic heterocycles. The Balaban J connectivity index is 2.40. The molecule has 0 saturated carbocycles. The molecule has 0 fully saturated rings. The van der Waals surface area contributed by atoms with Crippen LogP contribution in [0, 0.1) is 0 Å². The summed E-state index contributed by atoms with van der Waals surface area (Å²) < 4.78 is 239. The maximum absolute atomic E-state index is 14.8. The van der Waals surface area contributed by atoms with Crippen LogP contribution in [0.15, 0.2) is 42.5 Å². The number of alkyl halides is 17. The maximum atomic E-state index is 14.8. The van der Waals surface area contributed by atoms with Crippen LogP contribution < -0.4 is 0 Å². The summed E-state index contributed by atoms with van der Waals surface area (Å²) in [6, 6.07) is 11.1. The van der Waals surface area contributed by atoms with Gasteiger partial charge >= 0.3 is 47.6 Å². The van der Waals surface area contributed by atoms with Gasteiger partial charge in [0.05, 0.1) is 0 Å². The fourth-order valence-electron chi connectivity index (χ4n) is 5.11. The van der Waals surface area contributed by atoms with E-state index < -0.39 is 79.5 Å². The zero-order valence-electron chi connectivity index (χ0n) is 24.9. The lowest BCUT2D eigenvalue weighted by atomic mass is 9.88. The van der Waals surface area contributed by atoms with Crippen molar-refractivity contribution in [3.05, 3.63) is 48.0 Å². The Morgan fingerprint density at radius 1 is 0.553 bits per heavy atom. The molecule has 0 bridgehead atoms. The van der Waals surface area contributed by atoms with Crippen molar-refractivity contribution in [2.45, 2.75) is 105 Å². The average Bonchev–Trinajstić information content (AvgIpc) is 2.93. The van der Waals surface area contributed by atoms with Gasteiger partial charge in [0.1, 0.15) is 0 Å². The molecule has 0 aliphatic rings. The highest BCUT2D eigenvalue weighted by molar-refractivity contribution is 6.76. The van der Waals surface area contributed by atoms with Gasteiger partial charge in [-0.3, -0.25) is 0 Å². The molecule has 19 heteroatoms. The number of fused-ring (bicyclic) bond motifs is 1. The quantitative estimate of drug-likeness (QED) is 0.131. The van der Waals surface area contributed by atoms with Gasteiger partial charge in [-0.1, -0.05) is 70.2 Å². The van der Waals surface area contributed by atoms with E-state index >= 15 is 0 Å². The molecule has 0 aliphatic carbocycles. The lowest BCUT2D eigenvalue weighted by Gasteiger charge is -2.44. The van der Waals surface area contributed by atoms with Crippen LogP contribution in [0.25, 0.3) is 10.8 Å². The van der Waals surface area contributed by atoms with Gasteiger partial charge < -0.3 is 4.43 Å². The van der Waals surface area contributed by atoms with Crippen molar-refractivity contribution >= 4 is 19.1 Å². The molecular weight excluding hydrogens is 703 g/mol. The molecule has 0 saturated heterocycles. The molecule has 2 aromatic rings. The Hall–Kier alpha value is -2.31. The molecule has 0 amide bonds. The summed E-state index contributed by atoms with van der Waals surface area (Å²) in [6.45, 7) is 5.34. The number of halogens is 17. The monoisotopic (exact) mass is 732 g/mol. The van der Waals surface area contributed by atoms with E-state index in [0.29, 0.717) is 5.56 Å². The topological polar surface area (TPSA) is 9.23 Å². The summed E-state index contributed by atoms with van der Waals surface area (Å²) >= 11 is 0. The van der Waals surface area contributed by atoms with Gasteiger partial charge in [-0.25, -0.2) is 0 Å². The number of benzene rings is 2. The Kier molecular flexibility index (Phi) is 11.2. The SMILES string of the molecule is CC(C)[Si](CCC(F)(F)C(F)(F)C(F)(F)C(F)(F)C(F)(F)C(F)(F)C(F)(F)C(F)(F)F)(OCCc1ccc2ccccc2c1)C(C)C. The van der Waals surface area contributed by atoms with Crippen LogP contribution in [0.3, 0.4) is 0 Å². The van der Waals surface area contributed by atoms with Gasteiger partial charge in [0.25, 0.3) is 0 Å². The summed E-state index contributed by atoms with van der Waals surface area (Å²) in [6.07, 6.45) is -10.1. The first-order valence-corrected chi connectivity index (χ1v) is 16.0. The molecule has 0 unspecified atom stereocenters. The van der Waals surface area contributed by atoms with Crippen LogP contribution in [0.2, 0.25) is 17.1 Å². The smallest absolute Gasteiger partial charge is 0.416 e. The third kappa shape index (κ3) is 6.67. The second-order valence-electron chi connectivity index (χ2n) is 11.7. The molecule has 0 spiro atoms. The minimum atomic E-state index is -8.64. The van der Waals surface area contributed by atoms with Crippen molar-refractivity contribution in [2.24, 2.45) is 0 Å². The second kappa shape index (κ2) is 12.9. The normalized spacial score (nSPS) is 15.3. The van der Waals surface area contributed by atoms with Crippen molar-refractivity contribution in [1.29, 1.82) is 0 Å². The zero-order chi connectivity index (χ0) is 36.9. The third-order valence-electron chi connectivity index (χ3n) is 8.15. The standard InChI is InChI=1S/C28H29F17OSi/c1-16(2)47(17(3)4,46-13-11-18-9-10-19-7-5-6-8-20(19)15-18)14-12-21(29,30)22(31,32)23(33,34)24(35,36)25(37,38)26(39,40)27(41,42)28(43,44)45/h5-10,15-17H,11-14H2,1-4H3. The van der Waals surface area contributed by atoms with E-state index in [1.165, 1.54) is 27.7 Å². The Morgan fingerprint density at radius 3 is 1.43 bits per heavy atom. The Morgan fingerprint density at radius 2 is 0.979 bits per heavy atom. The average molecular weight is 733 g/mol. The highest BCUT2D eigenvalue weighted by atomic mass is 28.4. The molecule has 2 aromatic carbocycles. The van der Waals surface area contributed by atoms with Gasteiger partial charge in [0, 0.05) is 13.0 Å². The predicted octanol–water partition coefficient (Wildman–Crippen LogP) is 11.6. The fraction of sp³-hybridized carbons (Fsp3) is 0.643. The van der Waals surface area contributed by atoms with E-state index in [2.05, 4.69) is 0 Å². The van der Waals surface area contributed by atoms with Crippen molar-refractivity contribution in [3.63, 3.8) is 0 Å². The van der Waals surface area contributed by atoms with Gasteiger partial charge in [-0.05, 0) is 39.9 Å². The fourth-order valence-corrected chi connectivity index (χ4v) is 9.59. The van der Waals surface area contributed by atoms with E-state index in [9.17, 15) is 74.6 Å². The molecule has 1 nitrogen and oxygen atoms in total. The minimum Gasteiger partial charge on any atom is -0.416 e. The molecule has 0 atom stereocenters. The number of rotatable bonds is 15. The Labute approximate surface area is 258 Å². The molecule has 0 radical (unpaired) electrons. The maximum Gasteiger partial charge on any atom is 0.460 e. The van der Waals surface area contributed by atoms with Crippen molar-refractivity contribution in [3.8, 4) is 0 Å². The third-order valence-corrected chi connectivity index (χ3v) is 13.8. The summed E-state index contributed by atoms with van der Waals surface area (Å²) in [5.74, 6) is -56.3. The van der Waals surface area contributed by atoms with Crippen LogP contribution in [0.4, 0.5) is 74.6 Å². The summed E-state index contributed by atoms with van der Waals surface area (Å²) in [7, 11) is -3.80. The van der Waals surface area contributed by atoms with Crippen LogP contribution in [-0.2, 0) is 10.8 Å². The van der Waals surface area contributed by atoms with Crippen LogP contribution in [-0.4, -0.2) is 62.6 Å². The largest absolute Gasteiger partial charge is 0.460 e. The second-order valence-corrected chi connectivity index (χ2v) is 16.7. The molecule has 0 heterocycles. The summed E-state index contributed by atoms with van der Waals surface area (Å²) in [4.78, 5) is 0. The zero-order valence-corrected chi connectivity index (χ0v) is 25.9. The number of hydrogen-bond acceptors (Lipinski definition) is 1. The first kappa shape index (κ1) is 40.9. The van der Waals surface area contributed by atoms with Crippen molar-refractivity contribution in [1.82, 2.24) is 0 Å². The van der Waals surface area contributed by atoms with Crippen LogP contribution in [0.1, 0.15) is 39.7 Å². The first-order valence-electron chi connectivity index (χ1n) is 13.7. The van der Waals surface area contributed by atoms with Crippen LogP contribution in [0.5, 0.6) is 0 Å². The highest BCUT2D eigenvalue weighted by Gasteiger charge is 2.95. The van der Waals surface area contributed by atoms with E-state index in [-0.39, 0.29) is 13.0 Å². The van der Waals surface area contributed by atoms with Crippen molar-refractivity contribution < 1.29 is 79.1 Å². The van der Waals surface area contributed by atoms with Gasteiger partial charge in [0.2, 0.25) is 0 Å². The Bertz CT molecular complexity index is 1360. The van der Waals surface area contributed by atoms with E-state index in [1.807, 2.05) is 6.07 Å². The summed E-state index contributed by atoms with van der Waals surface area (Å²) in [5, 5.41) is 1.68. The van der Waals surface area contributed by atoms with E-state index in [1.54, 1.807) is 36.4 Å². The van der Waals surface area contributed by atoms with Crippen molar-refractivity contribution in [2.75, 3.05) is 6.61 Å². The minimum absolute atomic E-state index is 0.127. The van der Waals surface area contributed by atoms with Gasteiger partial charge in [-0.2, -0.15) is 74.6 Å². The highest BCUT2D eigenvalue weighted by Crippen LogP contribution is 2.64. The molecular formula is C28H29F17OSi. The molecule has 0 N–H and O–H groups in total. The van der Waals surface area contributed by atoms with Gasteiger partial charge in [-0.15, -0.1) is 0 Å². The van der Waals surface area contributed by atoms with E-state index in [4.69, 9.17) is 4.43 Å². The van der Waals surface area contributed by atoms with Crippen LogP contribution >= 0.6 is 0 Å². The predicted molar refractivity (Wildman–Crippen MR) is 140 cm³/mol. The molecule has 47 heavy (non-hydrogen) atoms. The molecule has 0 aliphatic heterocycles. The lowest BCUT2D eigenvalue weighted by Crippen LogP contribution is -2.74. The van der Waals surface area contributed by atoms with Gasteiger partial charge in [0.15, 0.2) is 8.32 Å². The lowest BCUT2D eigenvalue weighted by molar-refractivity contribution is -0.461. The summed E-state index contributed by atoms with van der Waals surface area (Å²) in [5.41, 5.74) is -0.831. The molecule has 270 valence electrons. The van der Waals surface area contributed by atoms with E-state index in [0.717, 1.165) is 10.8 Å². The number of hydrogen-bond donors (Lipinski definition) is 0.